The summed E-state index contributed by atoms with van der Waals surface area (Å²) in [5.41, 5.74) is 3.09. The zero-order chi connectivity index (χ0) is 18.1. The van der Waals surface area contributed by atoms with E-state index in [0.717, 1.165) is 5.56 Å². The predicted molar refractivity (Wildman–Crippen MR) is 91.2 cm³/mol. The molecule has 0 aromatic carbocycles. The van der Waals surface area contributed by atoms with Gasteiger partial charge in [0.25, 0.3) is 5.89 Å². The van der Waals surface area contributed by atoms with E-state index < -0.39 is 5.82 Å². The summed E-state index contributed by atoms with van der Waals surface area (Å²) in [6.45, 7) is 3.49. The molecule has 0 unspecified atom stereocenters. The molecule has 8 heteroatoms. The zero-order valence-corrected chi connectivity index (χ0v) is 14.0. The highest BCUT2D eigenvalue weighted by Crippen LogP contribution is 2.30. The molecule has 4 rings (SSSR count). The normalized spacial score (nSPS) is 10.9. The van der Waals surface area contributed by atoms with E-state index in [-0.39, 0.29) is 17.4 Å². The fourth-order valence-electron chi connectivity index (χ4n) is 2.55. The van der Waals surface area contributed by atoms with Crippen LogP contribution < -0.4 is 0 Å². The number of aromatic nitrogens is 6. The van der Waals surface area contributed by atoms with Gasteiger partial charge in [-0.3, -0.25) is 9.97 Å². The summed E-state index contributed by atoms with van der Waals surface area (Å²) >= 11 is 0. The lowest BCUT2D eigenvalue weighted by molar-refractivity contribution is 0.430. The molecule has 0 aliphatic heterocycles. The Kier molecular flexibility index (Phi) is 3.92. The molecule has 0 aliphatic rings. The second-order valence-corrected chi connectivity index (χ2v) is 5.66. The number of halogens is 1. The van der Waals surface area contributed by atoms with Gasteiger partial charge in [-0.15, -0.1) is 0 Å². The average Bonchev–Trinajstić information content (AvgIpc) is 3.15. The van der Waals surface area contributed by atoms with Crippen molar-refractivity contribution in [3.63, 3.8) is 0 Å². The van der Waals surface area contributed by atoms with Crippen molar-refractivity contribution in [1.82, 2.24) is 30.1 Å². The van der Waals surface area contributed by atoms with Gasteiger partial charge in [0.05, 0.1) is 11.9 Å². The van der Waals surface area contributed by atoms with E-state index in [1.165, 1.54) is 12.4 Å². The monoisotopic (exact) mass is 348 g/mol. The molecule has 0 radical (unpaired) electrons. The van der Waals surface area contributed by atoms with Gasteiger partial charge in [-0.05, 0) is 31.5 Å². The number of rotatable bonds is 3. The maximum atomic E-state index is 14.7. The number of hydrogen-bond acceptors (Lipinski definition) is 7. The van der Waals surface area contributed by atoms with Crippen LogP contribution in [0.2, 0.25) is 0 Å². The first kappa shape index (κ1) is 15.9. The first-order chi connectivity index (χ1) is 12.6. The lowest BCUT2D eigenvalue weighted by atomic mass is 10.0. The Labute approximate surface area is 148 Å². The Hall–Kier alpha value is -3.55. The third-order valence-corrected chi connectivity index (χ3v) is 3.89. The highest BCUT2D eigenvalue weighted by molar-refractivity contribution is 5.71. The maximum Gasteiger partial charge on any atom is 0.278 e. The third-order valence-electron chi connectivity index (χ3n) is 3.89. The Balaban J connectivity index is 1.82. The van der Waals surface area contributed by atoms with Gasteiger partial charge >= 0.3 is 0 Å². The van der Waals surface area contributed by atoms with Crippen LogP contribution in [0.5, 0.6) is 0 Å². The average molecular weight is 348 g/mol. The molecule has 0 saturated heterocycles. The van der Waals surface area contributed by atoms with E-state index in [1.54, 1.807) is 31.6 Å². The fraction of sp³-hybridized carbons (Fsp3) is 0.111. The van der Waals surface area contributed by atoms with Crippen LogP contribution in [-0.4, -0.2) is 30.1 Å². The van der Waals surface area contributed by atoms with Crippen molar-refractivity contribution in [2.24, 2.45) is 0 Å². The van der Waals surface area contributed by atoms with Gasteiger partial charge in [0.15, 0.2) is 5.82 Å². The molecule has 0 spiro atoms. The molecule has 0 saturated carbocycles. The molecule has 4 heterocycles. The Morgan fingerprint density at radius 3 is 2.54 bits per heavy atom. The molecule has 4 aromatic heterocycles. The van der Waals surface area contributed by atoms with Crippen LogP contribution in [-0.2, 0) is 0 Å². The van der Waals surface area contributed by atoms with Crippen LogP contribution >= 0.6 is 0 Å². The van der Waals surface area contributed by atoms with Crippen LogP contribution in [0.3, 0.4) is 0 Å². The topological polar surface area (TPSA) is 90.5 Å². The molecular weight excluding hydrogens is 335 g/mol. The summed E-state index contributed by atoms with van der Waals surface area (Å²) in [5, 5.41) is 3.94. The molecule has 0 aliphatic carbocycles. The van der Waals surface area contributed by atoms with Gasteiger partial charge in [0, 0.05) is 35.9 Å². The third kappa shape index (κ3) is 2.81. The minimum atomic E-state index is -0.400. The molecule has 0 atom stereocenters. The van der Waals surface area contributed by atoms with Crippen molar-refractivity contribution in [2.75, 3.05) is 0 Å². The number of hydrogen-bond donors (Lipinski definition) is 0. The van der Waals surface area contributed by atoms with Crippen molar-refractivity contribution >= 4 is 0 Å². The van der Waals surface area contributed by atoms with Gasteiger partial charge < -0.3 is 4.52 Å². The summed E-state index contributed by atoms with van der Waals surface area (Å²) in [6, 6.07) is 3.42. The van der Waals surface area contributed by atoms with E-state index in [2.05, 4.69) is 30.1 Å². The SMILES string of the molecule is Cc1ccncc1-c1cc(-c2noc(-c3cnccn3)n2)nc(C)c1F. The van der Waals surface area contributed by atoms with Gasteiger partial charge in [-0.1, -0.05) is 5.16 Å². The first-order valence-electron chi connectivity index (χ1n) is 7.82. The van der Waals surface area contributed by atoms with Crippen LogP contribution in [0.15, 0.2) is 47.6 Å². The minimum absolute atomic E-state index is 0.219. The van der Waals surface area contributed by atoms with Gasteiger partial charge in [0.2, 0.25) is 5.82 Å². The predicted octanol–water partition coefficient (Wildman–Crippen LogP) is 3.41. The largest absolute Gasteiger partial charge is 0.332 e. The summed E-state index contributed by atoms with van der Waals surface area (Å²) in [6.07, 6.45) is 7.89. The smallest absolute Gasteiger partial charge is 0.278 e. The van der Waals surface area contributed by atoms with E-state index in [9.17, 15) is 4.39 Å². The van der Waals surface area contributed by atoms with Crippen molar-refractivity contribution in [2.45, 2.75) is 13.8 Å². The van der Waals surface area contributed by atoms with Crippen molar-refractivity contribution in [3.05, 3.63) is 60.2 Å². The highest BCUT2D eigenvalue weighted by Gasteiger charge is 2.18. The van der Waals surface area contributed by atoms with Crippen molar-refractivity contribution in [3.8, 4) is 34.2 Å². The van der Waals surface area contributed by atoms with Crippen molar-refractivity contribution in [1.29, 1.82) is 0 Å². The highest BCUT2D eigenvalue weighted by atomic mass is 19.1. The number of aryl methyl sites for hydroxylation is 2. The lowest BCUT2D eigenvalue weighted by Gasteiger charge is -2.09. The first-order valence-corrected chi connectivity index (χ1v) is 7.82. The molecule has 0 N–H and O–H groups in total. The van der Waals surface area contributed by atoms with Crippen LogP contribution in [0.4, 0.5) is 4.39 Å². The number of nitrogens with zero attached hydrogens (tertiary/aromatic N) is 6. The Morgan fingerprint density at radius 1 is 0.923 bits per heavy atom. The quantitative estimate of drug-likeness (QED) is 0.560. The molecule has 0 amide bonds. The fourth-order valence-corrected chi connectivity index (χ4v) is 2.55. The second kappa shape index (κ2) is 6.40. The van der Waals surface area contributed by atoms with Gasteiger partial charge in [0.1, 0.15) is 11.4 Å². The Morgan fingerprint density at radius 2 is 1.77 bits per heavy atom. The lowest BCUT2D eigenvalue weighted by Crippen LogP contribution is -1.98. The summed E-state index contributed by atoms with van der Waals surface area (Å²) in [5.74, 6) is 0.0648. The van der Waals surface area contributed by atoms with Gasteiger partial charge in [-0.2, -0.15) is 4.98 Å². The van der Waals surface area contributed by atoms with Crippen molar-refractivity contribution < 1.29 is 8.91 Å². The van der Waals surface area contributed by atoms with E-state index >= 15 is 0 Å². The van der Waals surface area contributed by atoms with Crippen LogP contribution in [0.25, 0.3) is 34.2 Å². The zero-order valence-electron chi connectivity index (χ0n) is 14.0. The molecule has 4 aromatic rings. The summed E-state index contributed by atoms with van der Waals surface area (Å²) < 4.78 is 19.9. The molecular formula is C18H13FN6O. The summed E-state index contributed by atoms with van der Waals surface area (Å²) in [4.78, 5) is 20.7. The van der Waals surface area contributed by atoms with E-state index in [1.807, 2.05) is 13.0 Å². The molecule has 26 heavy (non-hydrogen) atoms. The standard InChI is InChI=1S/C18H13FN6O/c1-10-3-4-20-8-13(10)12-7-14(23-11(2)16(12)19)17-24-18(26-25-17)15-9-21-5-6-22-15/h3-9H,1-2H3. The molecule has 0 fully saturated rings. The second-order valence-electron chi connectivity index (χ2n) is 5.66. The molecule has 0 bridgehead atoms. The number of pyridine rings is 2. The van der Waals surface area contributed by atoms with E-state index in [4.69, 9.17) is 4.52 Å². The maximum absolute atomic E-state index is 14.7. The molecule has 128 valence electrons. The summed E-state index contributed by atoms with van der Waals surface area (Å²) in [7, 11) is 0. The molecule has 7 nitrogen and oxygen atoms in total. The van der Waals surface area contributed by atoms with Gasteiger partial charge in [-0.25, -0.2) is 14.4 Å². The minimum Gasteiger partial charge on any atom is -0.332 e. The Bertz CT molecular complexity index is 1080. The van der Waals surface area contributed by atoms with Crippen LogP contribution in [0, 0.1) is 19.7 Å². The van der Waals surface area contributed by atoms with E-state index in [0.29, 0.717) is 22.5 Å². The van der Waals surface area contributed by atoms with Crippen LogP contribution in [0.1, 0.15) is 11.3 Å².